The molecule has 0 aromatic carbocycles. The molecule has 1 fully saturated rings. The molecule has 0 saturated carbocycles. The lowest BCUT2D eigenvalue weighted by atomic mass is 10.0. The number of hydrogen-bond acceptors (Lipinski definition) is 3. The van der Waals surface area contributed by atoms with Crippen molar-refractivity contribution in [1.82, 2.24) is 5.48 Å². The molecule has 3 nitrogen and oxygen atoms in total. The van der Waals surface area contributed by atoms with Crippen LogP contribution in [0.2, 0.25) is 0 Å². The van der Waals surface area contributed by atoms with E-state index in [2.05, 4.69) is 19.3 Å². The Bertz CT molecular complexity index is 106. The second kappa shape index (κ2) is 3.32. The van der Waals surface area contributed by atoms with Crippen LogP contribution in [0.25, 0.3) is 0 Å². The molecule has 10 heavy (non-hydrogen) atoms. The first-order chi connectivity index (χ1) is 4.74. The van der Waals surface area contributed by atoms with Gasteiger partial charge in [-0.3, -0.25) is 4.84 Å². The minimum Gasteiger partial charge on any atom is -0.395 e. The lowest BCUT2D eigenvalue weighted by Gasteiger charge is -2.10. The Morgan fingerprint density at radius 1 is 1.70 bits per heavy atom. The molecule has 2 unspecified atom stereocenters. The predicted octanol–water partition coefficient (Wildman–Crippen LogP) is 0.297. The second-order valence-corrected chi connectivity index (χ2v) is 3.13. The Morgan fingerprint density at radius 3 is 2.70 bits per heavy atom. The maximum absolute atomic E-state index is 8.72. The monoisotopic (exact) mass is 145 g/mol. The van der Waals surface area contributed by atoms with Gasteiger partial charge in [-0.05, 0) is 12.3 Å². The van der Waals surface area contributed by atoms with Gasteiger partial charge in [0, 0.05) is 0 Å². The Kier molecular flexibility index (Phi) is 2.65. The number of rotatable bonds is 2. The van der Waals surface area contributed by atoms with E-state index >= 15 is 0 Å². The van der Waals surface area contributed by atoms with Crippen LogP contribution in [-0.2, 0) is 4.84 Å². The van der Waals surface area contributed by atoms with Gasteiger partial charge in [-0.2, -0.15) is 5.48 Å². The van der Waals surface area contributed by atoms with Crippen molar-refractivity contribution >= 4 is 0 Å². The summed E-state index contributed by atoms with van der Waals surface area (Å²) in [5, 5.41) is 8.72. The fourth-order valence-corrected chi connectivity index (χ4v) is 1.08. The van der Waals surface area contributed by atoms with Crippen molar-refractivity contribution in [2.24, 2.45) is 5.92 Å². The van der Waals surface area contributed by atoms with Crippen LogP contribution < -0.4 is 5.48 Å². The number of nitrogens with one attached hydrogen (secondary N) is 1. The summed E-state index contributed by atoms with van der Waals surface area (Å²) in [4.78, 5) is 5.21. The van der Waals surface area contributed by atoms with Gasteiger partial charge in [0.2, 0.25) is 0 Å². The highest BCUT2D eigenvalue weighted by molar-refractivity contribution is 4.75. The minimum absolute atomic E-state index is 0.146. The largest absolute Gasteiger partial charge is 0.395 e. The molecule has 1 aliphatic heterocycles. The Balaban J connectivity index is 2.28. The molecule has 2 atom stereocenters. The van der Waals surface area contributed by atoms with Crippen LogP contribution in [-0.4, -0.2) is 23.9 Å². The van der Waals surface area contributed by atoms with Gasteiger partial charge in [0.15, 0.2) is 0 Å². The van der Waals surface area contributed by atoms with Crippen LogP contribution in [0.4, 0.5) is 0 Å². The molecule has 0 amide bonds. The van der Waals surface area contributed by atoms with Gasteiger partial charge >= 0.3 is 0 Å². The summed E-state index contributed by atoms with van der Waals surface area (Å²) in [6.45, 7) is 4.40. The molecule has 0 spiro atoms. The van der Waals surface area contributed by atoms with E-state index in [4.69, 9.17) is 9.94 Å². The first-order valence-corrected chi connectivity index (χ1v) is 3.76. The smallest absolute Gasteiger partial charge is 0.0829 e. The molecule has 1 saturated heterocycles. The van der Waals surface area contributed by atoms with Crippen molar-refractivity contribution in [3.05, 3.63) is 0 Å². The average Bonchev–Trinajstić information content (AvgIpc) is 2.34. The quantitative estimate of drug-likeness (QED) is 0.587. The summed E-state index contributed by atoms with van der Waals surface area (Å²) in [7, 11) is 0. The number of hydrogen-bond donors (Lipinski definition) is 2. The highest BCUT2D eigenvalue weighted by Crippen LogP contribution is 2.17. The van der Waals surface area contributed by atoms with Crippen LogP contribution in [0.3, 0.4) is 0 Å². The van der Waals surface area contributed by atoms with Crippen molar-refractivity contribution in [3.63, 3.8) is 0 Å². The maximum atomic E-state index is 8.72. The van der Waals surface area contributed by atoms with E-state index in [1.165, 1.54) is 0 Å². The molecule has 2 N–H and O–H groups in total. The maximum Gasteiger partial charge on any atom is 0.0829 e. The molecular formula is C7H15NO2. The summed E-state index contributed by atoms with van der Waals surface area (Å²) in [5.74, 6) is 0.532. The Morgan fingerprint density at radius 2 is 2.40 bits per heavy atom. The zero-order valence-electron chi connectivity index (χ0n) is 6.50. The van der Waals surface area contributed by atoms with Crippen molar-refractivity contribution in [2.75, 3.05) is 6.61 Å². The third-order valence-electron chi connectivity index (χ3n) is 1.87. The number of aliphatic hydroxyl groups is 1. The third kappa shape index (κ3) is 1.68. The zero-order chi connectivity index (χ0) is 7.56. The minimum atomic E-state index is 0.146. The van der Waals surface area contributed by atoms with Gasteiger partial charge in [0.25, 0.3) is 0 Å². The fraction of sp³-hybridized carbons (Fsp3) is 1.00. The van der Waals surface area contributed by atoms with E-state index in [0.29, 0.717) is 5.92 Å². The first kappa shape index (κ1) is 7.98. The van der Waals surface area contributed by atoms with Gasteiger partial charge in [-0.15, -0.1) is 0 Å². The van der Waals surface area contributed by atoms with Crippen molar-refractivity contribution < 1.29 is 9.94 Å². The normalized spacial score (nSPS) is 33.6. The molecule has 0 bridgehead atoms. The molecule has 0 aliphatic carbocycles. The predicted molar refractivity (Wildman–Crippen MR) is 38.3 cm³/mol. The lowest BCUT2D eigenvalue weighted by molar-refractivity contribution is -0.000752. The topological polar surface area (TPSA) is 41.5 Å². The zero-order valence-corrected chi connectivity index (χ0v) is 6.50. The van der Waals surface area contributed by atoms with E-state index in [9.17, 15) is 0 Å². The molecule has 3 heteroatoms. The van der Waals surface area contributed by atoms with Gasteiger partial charge in [-0.1, -0.05) is 13.8 Å². The Hall–Kier alpha value is -0.120. The molecule has 0 aromatic rings. The van der Waals surface area contributed by atoms with Crippen LogP contribution >= 0.6 is 0 Å². The third-order valence-corrected chi connectivity index (χ3v) is 1.87. The molecule has 60 valence electrons. The summed E-state index contributed by atoms with van der Waals surface area (Å²) >= 11 is 0. The van der Waals surface area contributed by atoms with Gasteiger partial charge in [0.1, 0.15) is 0 Å². The molecule has 1 rings (SSSR count). The number of aliphatic hydroxyl groups excluding tert-OH is 1. The summed E-state index contributed by atoms with van der Waals surface area (Å²) in [6.07, 6.45) is 1.20. The van der Waals surface area contributed by atoms with Gasteiger partial charge in [0.05, 0.1) is 18.8 Å². The average molecular weight is 145 g/mol. The summed E-state index contributed by atoms with van der Waals surface area (Å²) in [6, 6.07) is 0.146. The molecular weight excluding hydrogens is 130 g/mol. The highest BCUT2D eigenvalue weighted by atomic mass is 16.7. The summed E-state index contributed by atoms with van der Waals surface area (Å²) in [5.41, 5.74) is 2.79. The lowest BCUT2D eigenvalue weighted by Crippen LogP contribution is -2.23. The molecule has 0 radical (unpaired) electrons. The van der Waals surface area contributed by atoms with Crippen LogP contribution in [0.1, 0.15) is 20.3 Å². The van der Waals surface area contributed by atoms with E-state index in [0.717, 1.165) is 6.42 Å². The van der Waals surface area contributed by atoms with E-state index < -0.39 is 0 Å². The van der Waals surface area contributed by atoms with E-state index in [1.807, 2.05) is 0 Å². The first-order valence-electron chi connectivity index (χ1n) is 3.76. The standard InChI is InChI=1S/C7H15NO2/c1-5(2)7-3-6(4-9)8-10-7/h5-9H,3-4H2,1-2H3. The second-order valence-electron chi connectivity index (χ2n) is 3.13. The molecule has 1 aliphatic rings. The van der Waals surface area contributed by atoms with Gasteiger partial charge in [-0.25, -0.2) is 0 Å². The van der Waals surface area contributed by atoms with Crippen molar-refractivity contribution in [1.29, 1.82) is 0 Å². The molecule has 0 aromatic heterocycles. The molecule has 1 heterocycles. The van der Waals surface area contributed by atoms with E-state index in [-0.39, 0.29) is 18.8 Å². The van der Waals surface area contributed by atoms with E-state index in [1.54, 1.807) is 0 Å². The highest BCUT2D eigenvalue weighted by Gasteiger charge is 2.26. The fourth-order valence-electron chi connectivity index (χ4n) is 1.08. The van der Waals surface area contributed by atoms with Crippen LogP contribution in [0.15, 0.2) is 0 Å². The van der Waals surface area contributed by atoms with Crippen molar-refractivity contribution in [2.45, 2.75) is 32.4 Å². The van der Waals surface area contributed by atoms with Crippen LogP contribution in [0.5, 0.6) is 0 Å². The van der Waals surface area contributed by atoms with Gasteiger partial charge < -0.3 is 5.11 Å². The van der Waals surface area contributed by atoms with Crippen LogP contribution in [0, 0.1) is 5.92 Å². The van der Waals surface area contributed by atoms with Crippen molar-refractivity contribution in [3.8, 4) is 0 Å². The number of hydroxylamine groups is 1. The SMILES string of the molecule is CC(C)C1CC(CO)NO1. The Labute approximate surface area is 61.3 Å². The summed E-state index contributed by atoms with van der Waals surface area (Å²) < 4.78 is 0.